The first kappa shape index (κ1) is 9.46. The Hall–Kier alpha value is -0.770. The molecule has 2 aliphatic carbocycles. The normalized spacial score (nSPS) is 35.8. The molecule has 1 unspecified atom stereocenters. The molecule has 0 aromatic carbocycles. The zero-order valence-electron chi connectivity index (χ0n) is 9.28. The summed E-state index contributed by atoms with van der Waals surface area (Å²) in [5, 5.41) is 0. The Morgan fingerprint density at radius 1 is 1.47 bits per heavy atom. The Kier molecular flexibility index (Phi) is 1.96. The van der Waals surface area contributed by atoms with Gasteiger partial charge in [0.2, 0.25) is 0 Å². The fourth-order valence-corrected chi connectivity index (χ4v) is 2.91. The van der Waals surface area contributed by atoms with Crippen LogP contribution in [0.3, 0.4) is 0 Å². The fourth-order valence-electron chi connectivity index (χ4n) is 2.91. The Balaban J connectivity index is 1.87. The minimum atomic E-state index is 0.111. The first-order valence-electron chi connectivity index (χ1n) is 5.86. The fraction of sp³-hybridized carbons (Fsp3) is 0.909. The Bertz CT molecular complexity index is 296. The zero-order valence-corrected chi connectivity index (χ0v) is 9.28. The second kappa shape index (κ2) is 3.11. The van der Waals surface area contributed by atoms with Gasteiger partial charge in [-0.25, -0.2) is 0 Å². The molecule has 0 radical (unpaired) electrons. The molecule has 3 rings (SSSR count). The van der Waals surface area contributed by atoms with Crippen LogP contribution in [-0.4, -0.2) is 42.7 Å². The van der Waals surface area contributed by atoms with E-state index in [9.17, 15) is 0 Å². The van der Waals surface area contributed by atoms with Crippen LogP contribution in [0.25, 0.3) is 0 Å². The van der Waals surface area contributed by atoms with Crippen molar-refractivity contribution in [3.05, 3.63) is 0 Å². The van der Waals surface area contributed by atoms with Gasteiger partial charge in [0.15, 0.2) is 5.96 Å². The van der Waals surface area contributed by atoms with Crippen molar-refractivity contribution in [3.8, 4) is 0 Å². The molecule has 3 aliphatic rings. The lowest BCUT2D eigenvalue weighted by Crippen LogP contribution is -2.57. The van der Waals surface area contributed by atoms with Crippen molar-refractivity contribution in [3.63, 3.8) is 0 Å². The van der Waals surface area contributed by atoms with E-state index in [0.29, 0.717) is 6.04 Å². The van der Waals surface area contributed by atoms with Crippen LogP contribution in [0.5, 0.6) is 0 Å². The van der Waals surface area contributed by atoms with E-state index in [4.69, 9.17) is 10.5 Å². The molecule has 2 saturated carbocycles. The molecule has 0 aromatic rings. The zero-order chi connectivity index (χ0) is 10.5. The molecule has 1 heterocycles. The molecular formula is C11H19N3O. The van der Waals surface area contributed by atoms with Gasteiger partial charge in [0.05, 0.1) is 18.7 Å². The maximum absolute atomic E-state index is 6.01. The summed E-state index contributed by atoms with van der Waals surface area (Å²) < 4.78 is 5.42. The number of nitrogens with two attached hydrogens (primary N) is 1. The van der Waals surface area contributed by atoms with E-state index in [1.54, 1.807) is 7.11 Å². The minimum absolute atomic E-state index is 0.111. The lowest BCUT2D eigenvalue weighted by atomic mass is 9.93. The van der Waals surface area contributed by atoms with Crippen LogP contribution in [0.2, 0.25) is 0 Å². The molecule has 4 heteroatoms. The number of rotatable bonds is 4. The maximum atomic E-state index is 6.01. The lowest BCUT2D eigenvalue weighted by molar-refractivity contribution is 0.0469. The average molecular weight is 209 g/mol. The summed E-state index contributed by atoms with van der Waals surface area (Å²) in [5.74, 6) is 1.50. The number of ether oxygens (including phenoxy) is 1. The smallest absolute Gasteiger partial charge is 0.192 e. The van der Waals surface area contributed by atoms with Crippen molar-refractivity contribution in [1.29, 1.82) is 0 Å². The third kappa shape index (κ3) is 1.34. The lowest BCUT2D eigenvalue weighted by Gasteiger charge is -2.39. The van der Waals surface area contributed by atoms with E-state index in [2.05, 4.69) is 9.89 Å². The van der Waals surface area contributed by atoms with Gasteiger partial charge < -0.3 is 15.4 Å². The van der Waals surface area contributed by atoms with Gasteiger partial charge >= 0.3 is 0 Å². The Labute approximate surface area is 90.5 Å². The first-order chi connectivity index (χ1) is 7.28. The number of methoxy groups -OCH3 is 1. The van der Waals surface area contributed by atoms with Crippen LogP contribution in [0.15, 0.2) is 4.99 Å². The van der Waals surface area contributed by atoms with E-state index in [1.807, 2.05) is 0 Å². The standard InChI is InChI=1S/C11H19N3O/c1-15-7-11(8-2-3-8)6-13-10(12)14(11)9-4-5-9/h8-9H,2-7H2,1H3,(H2,12,13). The molecule has 1 atom stereocenters. The molecule has 0 spiro atoms. The second-order valence-electron chi connectivity index (χ2n) is 5.09. The van der Waals surface area contributed by atoms with Crippen LogP contribution in [0.4, 0.5) is 0 Å². The van der Waals surface area contributed by atoms with Crippen LogP contribution < -0.4 is 5.73 Å². The van der Waals surface area contributed by atoms with Gasteiger partial charge in [0.1, 0.15) is 0 Å². The van der Waals surface area contributed by atoms with E-state index in [0.717, 1.165) is 25.0 Å². The van der Waals surface area contributed by atoms with Crippen molar-refractivity contribution < 1.29 is 4.74 Å². The number of guanidine groups is 1. The number of hydrogen-bond donors (Lipinski definition) is 1. The summed E-state index contributed by atoms with van der Waals surface area (Å²) in [6, 6.07) is 0.645. The van der Waals surface area contributed by atoms with E-state index >= 15 is 0 Å². The highest BCUT2D eigenvalue weighted by atomic mass is 16.5. The topological polar surface area (TPSA) is 50.9 Å². The van der Waals surface area contributed by atoms with Crippen LogP contribution in [-0.2, 0) is 4.74 Å². The summed E-state index contributed by atoms with van der Waals surface area (Å²) in [5.41, 5.74) is 6.12. The molecule has 84 valence electrons. The van der Waals surface area contributed by atoms with E-state index < -0.39 is 0 Å². The summed E-state index contributed by atoms with van der Waals surface area (Å²) in [6.45, 7) is 1.62. The molecular weight excluding hydrogens is 190 g/mol. The Morgan fingerprint density at radius 2 is 2.20 bits per heavy atom. The maximum Gasteiger partial charge on any atom is 0.192 e. The molecule has 0 aromatic heterocycles. The Morgan fingerprint density at radius 3 is 2.73 bits per heavy atom. The van der Waals surface area contributed by atoms with Crippen molar-refractivity contribution in [2.75, 3.05) is 20.3 Å². The van der Waals surface area contributed by atoms with Gasteiger partial charge in [-0.2, -0.15) is 0 Å². The summed E-state index contributed by atoms with van der Waals surface area (Å²) in [7, 11) is 1.78. The summed E-state index contributed by atoms with van der Waals surface area (Å²) in [6.07, 6.45) is 5.17. The number of hydrogen-bond acceptors (Lipinski definition) is 4. The van der Waals surface area contributed by atoms with Crippen molar-refractivity contribution >= 4 is 5.96 Å². The average Bonchev–Trinajstić information content (AvgIpc) is 3.09. The number of nitrogens with zero attached hydrogens (tertiary/aromatic N) is 2. The molecule has 0 saturated heterocycles. The minimum Gasteiger partial charge on any atom is -0.382 e. The highest BCUT2D eigenvalue weighted by Gasteiger charge is 2.56. The van der Waals surface area contributed by atoms with Gasteiger partial charge in [0, 0.05) is 13.2 Å². The van der Waals surface area contributed by atoms with Gasteiger partial charge in [0.25, 0.3) is 0 Å². The van der Waals surface area contributed by atoms with Crippen LogP contribution >= 0.6 is 0 Å². The monoisotopic (exact) mass is 209 g/mol. The van der Waals surface area contributed by atoms with Gasteiger partial charge in [-0.3, -0.25) is 4.99 Å². The quantitative estimate of drug-likeness (QED) is 0.736. The summed E-state index contributed by atoms with van der Waals surface area (Å²) >= 11 is 0. The predicted molar refractivity (Wildman–Crippen MR) is 58.7 cm³/mol. The highest BCUT2D eigenvalue weighted by Crippen LogP contribution is 2.49. The summed E-state index contributed by atoms with van der Waals surface area (Å²) in [4.78, 5) is 6.82. The third-order valence-electron chi connectivity index (χ3n) is 3.89. The SMILES string of the molecule is COCC1(C2CC2)CN=C(N)N1C1CC1. The van der Waals surface area contributed by atoms with Crippen LogP contribution in [0, 0.1) is 5.92 Å². The third-order valence-corrected chi connectivity index (χ3v) is 3.89. The second-order valence-corrected chi connectivity index (χ2v) is 5.09. The van der Waals surface area contributed by atoms with Gasteiger partial charge in [-0.05, 0) is 31.6 Å². The molecule has 15 heavy (non-hydrogen) atoms. The first-order valence-corrected chi connectivity index (χ1v) is 5.86. The predicted octanol–water partition coefficient (Wildman–Crippen LogP) is 0.574. The van der Waals surface area contributed by atoms with Crippen molar-refractivity contribution in [1.82, 2.24) is 4.90 Å². The molecule has 4 nitrogen and oxygen atoms in total. The largest absolute Gasteiger partial charge is 0.382 e. The van der Waals surface area contributed by atoms with Crippen LogP contribution in [0.1, 0.15) is 25.7 Å². The number of aliphatic imine (C=N–C) groups is 1. The van der Waals surface area contributed by atoms with E-state index in [-0.39, 0.29) is 5.54 Å². The molecule has 0 amide bonds. The van der Waals surface area contributed by atoms with E-state index in [1.165, 1.54) is 25.7 Å². The molecule has 0 bridgehead atoms. The highest BCUT2D eigenvalue weighted by molar-refractivity contribution is 5.82. The molecule has 2 fully saturated rings. The molecule has 1 aliphatic heterocycles. The van der Waals surface area contributed by atoms with Crippen molar-refractivity contribution in [2.45, 2.75) is 37.3 Å². The van der Waals surface area contributed by atoms with Gasteiger partial charge in [-0.15, -0.1) is 0 Å². The van der Waals surface area contributed by atoms with Crippen molar-refractivity contribution in [2.24, 2.45) is 16.6 Å². The molecule has 2 N–H and O–H groups in total. The van der Waals surface area contributed by atoms with Gasteiger partial charge in [-0.1, -0.05) is 0 Å².